The molecule has 0 spiro atoms. The quantitative estimate of drug-likeness (QED) is 0.808. The van der Waals surface area contributed by atoms with Crippen molar-refractivity contribution in [3.8, 4) is 0 Å². The maximum absolute atomic E-state index is 4.69. The van der Waals surface area contributed by atoms with Crippen molar-refractivity contribution < 1.29 is 0 Å². The van der Waals surface area contributed by atoms with Crippen molar-refractivity contribution >= 4 is 33.2 Å². The van der Waals surface area contributed by atoms with Gasteiger partial charge >= 0.3 is 94.3 Å². The number of fused-ring (bicyclic) bond motifs is 1. The SMILES string of the molecule is CCN(CC)c1nc2ccccc2[te]1. The molecule has 0 fully saturated rings. The molecular formula is C11H14N2Te. The Morgan fingerprint density at radius 1 is 1.21 bits per heavy atom. The van der Waals surface area contributed by atoms with Crippen LogP contribution in [-0.2, 0) is 0 Å². The van der Waals surface area contributed by atoms with Gasteiger partial charge in [-0.1, -0.05) is 0 Å². The molecule has 0 saturated carbocycles. The molecule has 3 heteroatoms. The third kappa shape index (κ3) is 1.80. The van der Waals surface area contributed by atoms with Crippen LogP contribution in [0.5, 0.6) is 0 Å². The molecule has 0 saturated heterocycles. The van der Waals surface area contributed by atoms with Gasteiger partial charge < -0.3 is 0 Å². The van der Waals surface area contributed by atoms with Crippen molar-refractivity contribution in [1.82, 2.24) is 4.98 Å². The van der Waals surface area contributed by atoms with E-state index in [4.69, 9.17) is 4.98 Å². The molecule has 0 atom stereocenters. The molecule has 0 aliphatic carbocycles. The summed E-state index contributed by atoms with van der Waals surface area (Å²) in [5.41, 5.74) is 1.21. The third-order valence-electron chi connectivity index (χ3n) is 2.32. The first-order valence-electron chi connectivity index (χ1n) is 4.95. The van der Waals surface area contributed by atoms with Gasteiger partial charge in [-0.15, -0.1) is 0 Å². The number of hydrogen-bond donors (Lipinski definition) is 0. The van der Waals surface area contributed by atoms with Gasteiger partial charge in [0.1, 0.15) is 0 Å². The van der Waals surface area contributed by atoms with Crippen LogP contribution in [0, 0.1) is 0 Å². The summed E-state index contributed by atoms with van der Waals surface area (Å²) in [4.78, 5) is 7.07. The van der Waals surface area contributed by atoms with Gasteiger partial charge in [-0.3, -0.25) is 0 Å². The summed E-state index contributed by atoms with van der Waals surface area (Å²) in [6.07, 6.45) is 0. The Kier molecular flexibility index (Phi) is 3.10. The zero-order chi connectivity index (χ0) is 9.97. The van der Waals surface area contributed by atoms with Crippen LogP contribution >= 0.6 is 0 Å². The Morgan fingerprint density at radius 2 is 1.93 bits per heavy atom. The van der Waals surface area contributed by atoms with Crippen LogP contribution in [0.2, 0.25) is 0 Å². The number of rotatable bonds is 3. The molecule has 2 rings (SSSR count). The summed E-state index contributed by atoms with van der Waals surface area (Å²) in [5.74, 6) is 0. The molecule has 2 aromatic rings. The normalized spacial score (nSPS) is 10.7. The van der Waals surface area contributed by atoms with Gasteiger partial charge in [-0.2, -0.15) is 0 Å². The van der Waals surface area contributed by atoms with Crippen LogP contribution in [0.15, 0.2) is 24.3 Å². The standard InChI is InChI=1S/C11H14N2Te/c1-3-13(4-2)11-12-9-7-5-6-8-10(9)14-11/h5-8H,3-4H2,1-2H3. The molecule has 0 aliphatic heterocycles. The van der Waals surface area contributed by atoms with Gasteiger partial charge in [0.15, 0.2) is 0 Å². The Hall–Kier alpha value is -0.520. The minimum absolute atomic E-state index is 0.206. The average Bonchev–Trinajstić information content (AvgIpc) is 2.63. The first-order valence-corrected chi connectivity index (χ1v) is 7.28. The topological polar surface area (TPSA) is 16.1 Å². The van der Waals surface area contributed by atoms with E-state index in [1.807, 2.05) is 0 Å². The molecular weight excluding hydrogens is 288 g/mol. The summed E-state index contributed by atoms with van der Waals surface area (Å²) in [7, 11) is 0. The molecule has 2 nitrogen and oxygen atoms in total. The van der Waals surface area contributed by atoms with Gasteiger partial charge in [0.2, 0.25) is 0 Å². The first-order chi connectivity index (χ1) is 6.85. The van der Waals surface area contributed by atoms with Gasteiger partial charge in [-0.25, -0.2) is 0 Å². The third-order valence-corrected chi connectivity index (χ3v) is 5.45. The predicted octanol–water partition coefficient (Wildman–Crippen LogP) is 2.14. The predicted molar refractivity (Wildman–Crippen MR) is 62.2 cm³/mol. The fourth-order valence-electron chi connectivity index (χ4n) is 1.49. The number of hydrogen-bond acceptors (Lipinski definition) is 2. The zero-order valence-corrected chi connectivity index (χ0v) is 10.9. The molecule has 1 aromatic heterocycles. The molecule has 1 aromatic carbocycles. The van der Waals surface area contributed by atoms with Crippen LogP contribution in [-0.4, -0.2) is 38.5 Å². The maximum atomic E-state index is 4.69. The number of aromatic nitrogens is 1. The fourth-order valence-corrected chi connectivity index (χ4v) is 4.61. The van der Waals surface area contributed by atoms with Crippen molar-refractivity contribution in [2.75, 3.05) is 18.0 Å². The van der Waals surface area contributed by atoms with Crippen molar-refractivity contribution in [2.24, 2.45) is 0 Å². The fraction of sp³-hybridized carbons (Fsp3) is 0.364. The Balaban J connectivity index is 2.43. The summed E-state index contributed by atoms with van der Waals surface area (Å²) in [5, 5.41) is 0. The molecule has 14 heavy (non-hydrogen) atoms. The summed E-state index contributed by atoms with van der Waals surface area (Å²) >= 11 is -0.206. The molecule has 74 valence electrons. The number of nitrogens with zero attached hydrogens (tertiary/aromatic N) is 2. The van der Waals surface area contributed by atoms with Gasteiger partial charge in [0.05, 0.1) is 0 Å². The Labute approximate surface area is 94.2 Å². The number of benzene rings is 1. The van der Waals surface area contributed by atoms with E-state index in [1.165, 1.54) is 12.8 Å². The number of para-hydroxylation sites is 1. The van der Waals surface area contributed by atoms with E-state index in [9.17, 15) is 0 Å². The van der Waals surface area contributed by atoms with E-state index >= 15 is 0 Å². The monoisotopic (exact) mass is 304 g/mol. The molecule has 0 bridgehead atoms. The van der Waals surface area contributed by atoms with Gasteiger partial charge in [0.25, 0.3) is 0 Å². The van der Waals surface area contributed by atoms with Crippen molar-refractivity contribution in [1.29, 1.82) is 0 Å². The molecule has 0 aliphatic rings. The van der Waals surface area contributed by atoms with E-state index in [0.29, 0.717) is 0 Å². The van der Waals surface area contributed by atoms with E-state index in [2.05, 4.69) is 43.0 Å². The summed E-state index contributed by atoms with van der Waals surface area (Å²) < 4.78 is 2.83. The first kappa shape index (κ1) is 10.0. The second kappa shape index (κ2) is 4.33. The average molecular weight is 302 g/mol. The van der Waals surface area contributed by atoms with Gasteiger partial charge in [0, 0.05) is 0 Å². The van der Waals surface area contributed by atoms with Crippen LogP contribution in [0.1, 0.15) is 13.8 Å². The summed E-state index contributed by atoms with van der Waals surface area (Å²) in [6.45, 7) is 6.55. The van der Waals surface area contributed by atoms with E-state index in [0.717, 1.165) is 13.1 Å². The van der Waals surface area contributed by atoms with Crippen molar-refractivity contribution in [3.05, 3.63) is 24.3 Å². The zero-order valence-electron chi connectivity index (χ0n) is 8.53. The summed E-state index contributed by atoms with van der Waals surface area (Å²) in [6, 6.07) is 8.53. The molecule has 0 unspecified atom stereocenters. The minimum atomic E-state index is -0.206. The van der Waals surface area contributed by atoms with Crippen LogP contribution in [0.25, 0.3) is 8.92 Å². The number of anilines is 1. The van der Waals surface area contributed by atoms with E-state index in [1.54, 1.807) is 0 Å². The van der Waals surface area contributed by atoms with E-state index < -0.39 is 0 Å². The Bertz CT molecular complexity index is 385. The molecule has 1 heterocycles. The second-order valence-electron chi connectivity index (χ2n) is 3.14. The molecule has 0 radical (unpaired) electrons. The van der Waals surface area contributed by atoms with Crippen LogP contribution in [0.4, 0.5) is 3.83 Å². The Morgan fingerprint density at radius 3 is 2.57 bits per heavy atom. The van der Waals surface area contributed by atoms with Crippen molar-refractivity contribution in [2.45, 2.75) is 13.8 Å². The van der Waals surface area contributed by atoms with Crippen LogP contribution in [0.3, 0.4) is 0 Å². The van der Waals surface area contributed by atoms with Gasteiger partial charge in [-0.05, 0) is 0 Å². The van der Waals surface area contributed by atoms with E-state index in [-0.39, 0.29) is 20.4 Å². The van der Waals surface area contributed by atoms with Crippen LogP contribution < -0.4 is 4.90 Å². The second-order valence-corrected chi connectivity index (χ2v) is 6.02. The molecule has 0 amide bonds. The molecule has 0 N–H and O–H groups in total. The van der Waals surface area contributed by atoms with Crippen molar-refractivity contribution in [3.63, 3.8) is 0 Å².